The molecular formula is C50H53N3S3. The highest BCUT2D eigenvalue weighted by molar-refractivity contribution is 7.25. The molecule has 286 valence electrons. The molecule has 0 fully saturated rings. The monoisotopic (exact) mass is 791 g/mol. The molecule has 1 N–H and O–H groups in total. The van der Waals surface area contributed by atoms with Crippen LogP contribution in [0.5, 0.6) is 0 Å². The number of fused-ring (bicyclic) bond motifs is 7. The van der Waals surface area contributed by atoms with Crippen LogP contribution in [0.1, 0.15) is 102 Å². The highest BCUT2D eigenvalue weighted by Gasteiger charge is 2.18. The van der Waals surface area contributed by atoms with Crippen molar-refractivity contribution in [3.63, 3.8) is 0 Å². The number of hydrogen-bond acceptors (Lipinski definition) is 5. The Kier molecular flexibility index (Phi) is 12.9. The van der Waals surface area contributed by atoms with Crippen molar-refractivity contribution in [3.05, 3.63) is 118 Å². The lowest BCUT2D eigenvalue weighted by atomic mass is 9.91. The first-order valence-corrected chi connectivity index (χ1v) is 23.6. The van der Waals surface area contributed by atoms with Crippen molar-refractivity contribution in [2.24, 2.45) is 0 Å². The molecule has 0 saturated heterocycles. The van der Waals surface area contributed by atoms with E-state index in [9.17, 15) is 0 Å². The second-order valence-corrected chi connectivity index (χ2v) is 17.7. The minimum atomic E-state index is 0.911. The van der Waals surface area contributed by atoms with Crippen LogP contribution in [0.2, 0.25) is 0 Å². The van der Waals surface area contributed by atoms with E-state index in [1.165, 1.54) is 110 Å². The lowest BCUT2D eigenvalue weighted by molar-refractivity contribution is 0.600. The maximum absolute atomic E-state index is 5.03. The summed E-state index contributed by atoms with van der Waals surface area (Å²) < 4.78 is 3.08. The summed E-state index contributed by atoms with van der Waals surface area (Å²) in [4.78, 5) is 13.6. The van der Waals surface area contributed by atoms with Gasteiger partial charge in [-0.3, -0.25) is 0 Å². The first-order chi connectivity index (χ1) is 27.7. The Morgan fingerprint density at radius 3 is 1.70 bits per heavy atom. The number of unbranched alkanes of at least 4 members (excludes halogenated alkanes) is 10. The van der Waals surface area contributed by atoms with Crippen LogP contribution >= 0.6 is 34.0 Å². The Hall–Kier alpha value is -4.36. The number of nitrogens with zero attached hydrogens (tertiary/aromatic N) is 2. The minimum absolute atomic E-state index is 0.911. The molecule has 56 heavy (non-hydrogen) atoms. The SMILES string of the molecule is CCCCCCCCc1c(CCCCCCCC)c2ccsc2c2sccc12.c1ccc(-c2nc3cscc3nc2-c2cccc3c2[nH]c2ccccc23)cc1. The van der Waals surface area contributed by atoms with Crippen LogP contribution in [0.4, 0.5) is 0 Å². The fourth-order valence-electron chi connectivity index (χ4n) is 8.36. The zero-order chi connectivity index (χ0) is 38.1. The van der Waals surface area contributed by atoms with E-state index >= 15 is 0 Å². The normalized spacial score (nSPS) is 11.7. The van der Waals surface area contributed by atoms with Gasteiger partial charge in [0.2, 0.25) is 0 Å². The molecule has 0 spiro atoms. The van der Waals surface area contributed by atoms with Crippen molar-refractivity contribution in [1.29, 1.82) is 0 Å². The van der Waals surface area contributed by atoms with E-state index in [-0.39, 0.29) is 0 Å². The summed E-state index contributed by atoms with van der Waals surface area (Å²) in [5.41, 5.74) is 11.5. The zero-order valence-corrected chi connectivity index (χ0v) is 35.4. The highest BCUT2D eigenvalue weighted by Crippen LogP contribution is 2.41. The molecule has 0 amide bonds. The molecule has 6 heteroatoms. The van der Waals surface area contributed by atoms with Crippen LogP contribution < -0.4 is 0 Å². The van der Waals surface area contributed by atoms with E-state index in [2.05, 4.69) is 107 Å². The van der Waals surface area contributed by atoms with Gasteiger partial charge in [-0.15, -0.1) is 34.0 Å². The minimum Gasteiger partial charge on any atom is -0.354 e. The third-order valence-electron chi connectivity index (χ3n) is 11.3. The van der Waals surface area contributed by atoms with E-state index in [0.717, 1.165) is 44.6 Å². The number of H-pyrrole nitrogens is 1. The Balaban J connectivity index is 0.000000157. The summed E-state index contributed by atoms with van der Waals surface area (Å²) in [5, 5.41) is 14.3. The number of nitrogens with one attached hydrogen (secondary N) is 1. The molecule has 0 atom stereocenters. The van der Waals surface area contributed by atoms with Crippen molar-refractivity contribution in [1.82, 2.24) is 15.0 Å². The number of aromatic nitrogens is 3. The van der Waals surface area contributed by atoms with Crippen molar-refractivity contribution in [2.45, 2.75) is 104 Å². The van der Waals surface area contributed by atoms with Gasteiger partial charge >= 0.3 is 0 Å². The smallest absolute Gasteiger partial charge is 0.100 e. The van der Waals surface area contributed by atoms with Crippen molar-refractivity contribution < 1.29 is 0 Å². The zero-order valence-electron chi connectivity index (χ0n) is 32.9. The molecule has 0 bridgehead atoms. The Labute approximate surface area is 343 Å². The standard InChI is InChI=1S/C26H38S2.C24H15N3S/c1-3-5-7-9-11-13-15-21-22(16-14-12-10-8-6-4-2)24-18-20-28-26(24)25-23(21)17-19-27-25;1-2-7-15(8-3-1)22-24(27-21-14-28-13-20(21)26-22)18-11-6-10-17-16-9-4-5-12-19(16)25-23(17)18/h17-20H,3-16H2,1-2H3;1-14,25H. The molecule has 0 aliphatic carbocycles. The first-order valence-electron chi connectivity index (χ1n) is 20.9. The summed E-state index contributed by atoms with van der Waals surface area (Å²) >= 11 is 5.52. The number of aryl methyl sites for hydroxylation is 2. The van der Waals surface area contributed by atoms with Gasteiger partial charge in [-0.1, -0.05) is 145 Å². The average molecular weight is 792 g/mol. The summed E-state index contributed by atoms with van der Waals surface area (Å²) in [5.74, 6) is 0. The molecule has 0 aliphatic rings. The molecule has 9 rings (SSSR count). The third-order valence-corrected chi connectivity index (χ3v) is 14.0. The molecule has 0 radical (unpaired) electrons. The number of hydrogen-bond donors (Lipinski definition) is 1. The topological polar surface area (TPSA) is 41.6 Å². The van der Waals surface area contributed by atoms with E-state index < -0.39 is 0 Å². The van der Waals surface area contributed by atoms with E-state index in [1.807, 2.05) is 40.9 Å². The Morgan fingerprint density at radius 1 is 0.500 bits per heavy atom. The largest absolute Gasteiger partial charge is 0.354 e. The second-order valence-electron chi connectivity index (χ2n) is 15.1. The fourth-order valence-corrected chi connectivity index (χ4v) is 11.1. The van der Waals surface area contributed by atoms with Crippen molar-refractivity contribution in [2.75, 3.05) is 0 Å². The van der Waals surface area contributed by atoms with E-state index in [4.69, 9.17) is 9.97 Å². The first kappa shape index (κ1) is 38.5. The summed E-state index contributed by atoms with van der Waals surface area (Å²) in [6.07, 6.45) is 19.2. The van der Waals surface area contributed by atoms with Gasteiger partial charge in [0.15, 0.2) is 0 Å². The summed E-state index contributed by atoms with van der Waals surface area (Å²) in [6.45, 7) is 4.61. The van der Waals surface area contributed by atoms with Gasteiger partial charge in [0, 0.05) is 38.2 Å². The van der Waals surface area contributed by atoms with E-state index in [1.54, 1.807) is 33.2 Å². The van der Waals surface area contributed by atoms with Gasteiger partial charge in [0.1, 0.15) is 11.0 Å². The number of aromatic amines is 1. The summed E-state index contributed by atoms with van der Waals surface area (Å²) in [6, 6.07) is 29.9. The Morgan fingerprint density at radius 2 is 1.05 bits per heavy atom. The molecule has 5 aromatic heterocycles. The molecule has 0 aliphatic heterocycles. The van der Waals surface area contributed by atoms with Crippen LogP contribution in [0.3, 0.4) is 0 Å². The van der Waals surface area contributed by atoms with E-state index in [0.29, 0.717) is 0 Å². The summed E-state index contributed by atoms with van der Waals surface area (Å²) in [7, 11) is 0. The van der Waals surface area contributed by atoms with Crippen molar-refractivity contribution >= 4 is 87.0 Å². The van der Waals surface area contributed by atoms with Gasteiger partial charge in [-0.25, -0.2) is 9.97 Å². The average Bonchev–Trinajstić information content (AvgIpc) is 4.07. The fraction of sp³-hybridized carbons (Fsp3) is 0.320. The maximum atomic E-state index is 5.03. The number of rotatable bonds is 16. The van der Waals surface area contributed by atoms with Gasteiger partial charge in [-0.05, 0) is 76.5 Å². The van der Waals surface area contributed by atoms with Gasteiger partial charge in [-0.2, -0.15) is 0 Å². The predicted molar refractivity (Wildman–Crippen MR) is 249 cm³/mol. The van der Waals surface area contributed by atoms with Crippen LogP contribution in [0.15, 0.2) is 106 Å². The lowest BCUT2D eigenvalue weighted by Crippen LogP contribution is -1.98. The quantitative estimate of drug-likeness (QED) is 0.0990. The second kappa shape index (κ2) is 18.7. The molecule has 0 saturated carbocycles. The van der Waals surface area contributed by atoms with Crippen LogP contribution in [-0.4, -0.2) is 15.0 Å². The number of benzene rings is 4. The molecule has 4 aromatic carbocycles. The third kappa shape index (κ3) is 8.34. The molecular weight excluding hydrogens is 739 g/mol. The highest BCUT2D eigenvalue weighted by atomic mass is 32.1. The van der Waals surface area contributed by atoms with Crippen LogP contribution in [0, 0.1) is 0 Å². The van der Waals surface area contributed by atoms with Gasteiger partial charge in [0.25, 0.3) is 0 Å². The molecule has 9 aromatic rings. The number of para-hydroxylation sites is 2. The maximum Gasteiger partial charge on any atom is 0.100 e. The van der Waals surface area contributed by atoms with Crippen LogP contribution in [-0.2, 0) is 12.8 Å². The Bertz CT molecular complexity index is 2570. The van der Waals surface area contributed by atoms with Gasteiger partial charge in [0.05, 0.1) is 26.3 Å². The van der Waals surface area contributed by atoms with Crippen LogP contribution in [0.25, 0.3) is 75.5 Å². The van der Waals surface area contributed by atoms with Gasteiger partial charge < -0.3 is 4.98 Å². The molecule has 5 heterocycles. The predicted octanol–water partition coefficient (Wildman–Crippen LogP) is 16.6. The molecule has 0 unspecified atom stereocenters. The molecule has 3 nitrogen and oxygen atoms in total. The van der Waals surface area contributed by atoms with Crippen molar-refractivity contribution in [3.8, 4) is 22.5 Å². The number of thiophene rings is 3. The lowest BCUT2D eigenvalue weighted by Gasteiger charge is -2.14.